The van der Waals surface area contributed by atoms with Gasteiger partial charge in [-0.2, -0.15) is 0 Å². The van der Waals surface area contributed by atoms with Crippen molar-refractivity contribution in [2.24, 2.45) is 0 Å². The van der Waals surface area contributed by atoms with E-state index in [1.165, 1.54) is 0 Å². The molecule has 14 heavy (non-hydrogen) atoms. The summed E-state index contributed by atoms with van der Waals surface area (Å²) >= 11 is 0. The fraction of sp³-hybridized carbons (Fsp3) is 0.364. The summed E-state index contributed by atoms with van der Waals surface area (Å²) in [4.78, 5) is 11.2. The SMILES string of the molecule is CC(C)(C)S(=O)c1ccc(C=O)cc1. The molecule has 0 aliphatic carbocycles. The fourth-order valence-corrected chi connectivity index (χ4v) is 2.11. The summed E-state index contributed by atoms with van der Waals surface area (Å²) in [5, 5.41) is 0. The van der Waals surface area contributed by atoms with Gasteiger partial charge in [0, 0.05) is 15.2 Å². The maximum atomic E-state index is 11.9. The van der Waals surface area contributed by atoms with Crippen LogP contribution in [0.4, 0.5) is 0 Å². The summed E-state index contributed by atoms with van der Waals surface area (Å²) in [6.07, 6.45) is 0.782. The van der Waals surface area contributed by atoms with Crippen LogP contribution in [0.25, 0.3) is 0 Å². The van der Waals surface area contributed by atoms with Gasteiger partial charge in [0.1, 0.15) is 6.29 Å². The van der Waals surface area contributed by atoms with Crippen molar-refractivity contribution in [2.45, 2.75) is 30.4 Å². The van der Waals surface area contributed by atoms with Crippen molar-refractivity contribution in [1.29, 1.82) is 0 Å². The van der Waals surface area contributed by atoms with Gasteiger partial charge in [-0.05, 0) is 32.9 Å². The summed E-state index contributed by atoms with van der Waals surface area (Å²) in [6.45, 7) is 5.78. The predicted octanol–water partition coefficient (Wildman–Crippen LogP) is 2.41. The lowest BCUT2D eigenvalue weighted by Crippen LogP contribution is -2.21. The first-order chi connectivity index (χ1) is 6.45. The highest BCUT2D eigenvalue weighted by Gasteiger charge is 2.20. The van der Waals surface area contributed by atoms with Crippen LogP contribution in [-0.4, -0.2) is 15.2 Å². The molecule has 0 aliphatic heterocycles. The van der Waals surface area contributed by atoms with Crippen LogP contribution in [0.3, 0.4) is 0 Å². The molecule has 0 saturated heterocycles. The highest BCUT2D eigenvalue weighted by molar-refractivity contribution is 7.86. The Labute approximate surface area is 86.8 Å². The first-order valence-electron chi connectivity index (χ1n) is 4.42. The van der Waals surface area contributed by atoms with Gasteiger partial charge in [0.2, 0.25) is 0 Å². The maximum absolute atomic E-state index is 11.9. The molecule has 2 nitrogen and oxygen atoms in total. The van der Waals surface area contributed by atoms with Crippen LogP contribution in [0.15, 0.2) is 29.2 Å². The topological polar surface area (TPSA) is 34.1 Å². The molecule has 0 spiro atoms. The second-order valence-corrected chi connectivity index (χ2v) is 6.30. The Morgan fingerprint density at radius 1 is 1.14 bits per heavy atom. The molecule has 0 bridgehead atoms. The van der Waals surface area contributed by atoms with Crippen LogP contribution >= 0.6 is 0 Å². The van der Waals surface area contributed by atoms with Gasteiger partial charge in [0.05, 0.1) is 10.8 Å². The zero-order valence-electron chi connectivity index (χ0n) is 8.61. The normalized spacial score (nSPS) is 13.6. The van der Waals surface area contributed by atoms with Gasteiger partial charge >= 0.3 is 0 Å². The van der Waals surface area contributed by atoms with E-state index >= 15 is 0 Å². The van der Waals surface area contributed by atoms with E-state index in [-0.39, 0.29) is 4.75 Å². The lowest BCUT2D eigenvalue weighted by atomic mass is 10.2. The van der Waals surface area contributed by atoms with Crippen molar-refractivity contribution in [3.05, 3.63) is 29.8 Å². The van der Waals surface area contributed by atoms with E-state index in [0.29, 0.717) is 5.56 Å². The average Bonchev–Trinajstić information content (AvgIpc) is 2.15. The molecule has 0 amide bonds. The number of rotatable bonds is 2. The summed E-state index contributed by atoms with van der Waals surface area (Å²) < 4.78 is 11.6. The zero-order chi connectivity index (χ0) is 10.8. The van der Waals surface area contributed by atoms with E-state index in [9.17, 15) is 9.00 Å². The third kappa shape index (κ3) is 2.51. The quantitative estimate of drug-likeness (QED) is 0.702. The maximum Gasteiger partial charge on any atom is 0.150 e. The molecule has 0 fully saturated rings. The molecule has 1 rings (SSSR count). The lowest BCUT2D eigenvalue weighted by molar-refractivity contribution is 0.112. The Morgan fingerprint density at radius 2 is 1.64 bits per heavy atom. The van der Waals surface area contributed by atoms with Gasteiger partial charge in [-0.25, -0.2) is 0 Å². The highest BCUT2D eigenvalue weighted by atomic mass is 32.2. The number of carbonyl (C=O) groups is 1. The van der Waals surface area contributed by atoms with Crippen LogP contribution in [0.2, 0.25) is 0 Å². The summed E-state index contributed by atoms with van der Waals surface area (Å²) in [5.74, 6) is 0. The Kier molecular flexibility index (Phi) is 3.21. The Balaban J connectivity index is 2.98. The first kappa shape index (κ1) is 11.1. The van der Waals surface area contributed by atoms with Crippen LogP contribution in [0.5, 0.6) is 0 Å². The summed E-state index contributed by atoms with van der Waals surface area (Å²) in [7, 11) is -1.03. The third-order valence-corrected chi connectivity index (χ3v) is 3.60. The van der Waals surface area contributed by atoms with Crippen molar-refractivity contribution >= 4 is 17.1 Å². The smallest absolute Gasteiger partial charge is 0.150 e. The molecule has 0 aliphatic rings. The molecule has 0 saturated carbocycles. The molecule has 3 heteroatoms. The molecule has 1 aromatic carbocycles. The van der Waals surface area contributed by atoms with Crippen molar-refractivity contribution in [3.63, 3.8) is 0 Å². The standard InChI is InChI=1S/C11H14O2S/c1-11(2,3)14(13)10-6-4-9(8-12)5-7-10/h4-8H,1-3H3. The molecule has 1 atom stereocenters. The monoisotopic (exact) mass is 210 g/mol. The van der Waals surface area contributed by atoms with Crippen molar-refractivity contribution in [2.75, 3.05) is 0 Å². The molecular weight excluding hydrogens is 196 g/mol. The van der Waals surface area contributed by atoms with Gasteiger partial charge in [0.25, 0.3) is 0 Å². The second kappa shape index (κ2) is 4.05. The first-order valence-corrected chi connectivity index (χ1v) is 5.57. The van der Waals surface area contributed by atoms with Crippen molar-refractivity contribution < 1.29 is 9.00 Å². The Hall–Kier alpha value is -0.960. The minimum absolute atomic E-state index is 0.261. The van der Waals surface area contributed by atoms with E-state index in [1.807, 2.05) is 20.8 Å². The number of hydrogen-bond donors (Lipinski definition) is 0. The summed E-state index contributed by atoms with van der Waals surface area (Å²) in [5.41, 5.74) is 0.611. The summed E-state index contributed by atoms with van der Waals surface area (Å²) in [6, 6.07) is 6.86. The molecule has 0 N–H and O–H groups in total. The van der Waals surface area contributed by atoms with Gasteiger partial charge in [-0.3, -0.25) is 9.00 Å². The second-order valence-electron chi connectivity index (χ2n) is 4.07. The Bertz CT molecular complexity index is 347. The molecule has 1 aromatic rings. The molecule has 0 heterocycles. The molecule has 76 valence electrons. The van der Waals surface area contributed by atoms with Gasteiger partial charge < -0.3 is 0 Å². The van der Waals surface area contributed by atoms with Crippen molar-refractivity contribution in [3.8, 4) is 0 Å². The average molecular weight is 210 g/mol. The number of carbonyl (C=O) groups excluding carboxylic acids is 1. The lowest BCUT2D eigenvalue weighted by Gasteiger charge is -2.17. The highest BCUT2D eigenvalue weighted by Crippen LogP contribution is 2.20. The minimum atomic E-state index is -1.03. The van der Waals surface area contributed by atoms with Crippen molar-refractivity contribution in [1.82, 2.24) is 0 Å². The zero-order valence-corrected chi connectivity index (χ0v) is 9.43. The van der Waals surface area contributed by atoms with Crippen LogP contribution in [0.1, 0.15) is 31.1 Å². The van der Waals surface area contributed by atoms with Crippen LogP contribution in [-0.2, 0) is 10.8 Å². The van der Waals surface area contributed by atoms with Crippen LogP contribution < -0.4 is 0 Å². The van der Waals surface area contributed by atoms with Gasteiger partial charge in [-0.1, -0.05) is 12.1 Å². The van der Waals surface area contributed by atoms with E-state index in [0.717, 1.165) is 11.2 Å². The van der Waals surface area contributed by atoms with Gasteiger partial charge in [0.15, 0.2) is 0 Å². The Morgan fingerprint density at radius 3 is 2.00 bits per heavy atom. The molecule has 0 radical (unpaired) electrons. The number of hydrogen-bond acceptors (Lipinski definition) is 2. The number of aldehydes is 1. The largest absolute Gasteiger partial charge is 0.298 e. The van der Waals surface area contributed by atoms with E-state index in [1.54, 1.807) is 24.3 Å². The number of benzene rings is 1. The molecule has 0 aromatic heterocycles. The van der Waals surface area contributed by atoms with E-state index in [2.05, 4.69) is 0 Å². The molecular formula is C11H14O2S. The van der Waals surface area contributed by atoms with Crippen LogP contribution in [0, 0.1) is 0 Å². The van der Waals surface area contributed by atoms with E-state index < -0.39 is 10.8 Å². The fourth-order valence-electron chi connectivity index (χ4n) is 1.02. The predicted molar refractivity (Wildman–Crippen MR) is 58.0 cm³/mol. The van der Waals surface area contributed by atoms with Gasteiger partial charge in [-0.15, -0.1) is 0 Å². The third-order valence-electron chi connectivity index (χ3n) is 1.79. The van der Waals surface area contributed by atoms with E-state index in [4.69, 9.17) is 0 Å². The molecule has 1 unspecified atom stereocenters. The minimum Gasteiger partial charge on any atom is -0.298 e.